The molecule has 9 heteroatoms. The Morgan fingerprint density at radius 2 is 1.68 bits per heavy atom. The van der Waals surface area contributed by atoms with Gasteiger partial charge in [-0.15, -0.1) is 10.2 Å². The molecule has 0 aliphatic carbocycles. The molecule has 0 aliphatic rings. The molecule has 136 valence electrons. The standard InChI is InChI=1S/C16H22N4O4S/c1-5-11(2)17-15-8-9-16(19-18-15)20-25(21,22)12-6-7-13(23-3)14(10-12)24-4/h6-11H,5H2,1-4H3,(H,17,18)(H,19,20). The van der Waals surface area contributed by atoms with Crippen LogP contribution in [0, 0.1) is 0 Å². The van der Waals surface area contributed by atoms with Crippen molar-refractivity contribution in [1.82, 2.24) is 10.2 Å². The minimum Gasteiger partial charge on any atom is -0.493 e. The number of hydrogen-bond acceptors (Lipinski definition) is 7. The fourth-order valence-corrected chi connectivity index (χ4v) is 3.01. The SMILES string of the molecule is CCC(C)Nc1ccc(NS(=O)(=O)c2ccc(OC)c(OC)c2)nn1. The average molecular weight is 366 g/mol. The number of hydrogen-bond donors (Lipinski definition) is 2. The third-order valence-corrected chi connectivity index (χ3v) is 4.93. The molecule has 1 aromatic heterocycles. The molecule has 1 heterocycles. The molecule has 0 amide bonds. The van der Waals surface area contributed by atoms with Gasteiger partial charge in [0.05, 0.1) is 19.1 Å². The Labute approximate surface area is 147 Å². The lowest BCUT2D eigenvalue weighted by molar-refractivity contribution is 0.354. The molecule has 1 unspecified atom stereocenters. The Hall–Kier alpha value is -2.55. The van der Waals surface area contributed by atoms with Crippen LogP contribution in [-0.4, -0.2) is 38.9 Å². The maximum Gasteiger partial charge on any atom is 0.263 e. The molecule has 0 bridgehead atoms. The van der Waals surface area contributed by atoms with Crippen molar-refractivity contribution in [2.75, 3.05) is 24.3 Å². The topological polar surface area (TPSA) is 102 Å². The van der Waals surface area contributed by atoms with Crippen LogP contribution in [0.4, 0.5) is 11.6 Å². The summed E-state index contributed by atoms with van der Waals surface area (Å²) in [6.07, 6.45) is 0.940. The van der Waals surface area contributed by atoms with Crippen molar-refractivity contribution < 1.29 is 17.9 Å². The number of anilines is 2. The van der Waals surface area contributed by atoms with E-state index in [-0.39, 0.29) is 16.8 Å². The first-order valence-corrected chi connectivity index (χ1v) is 9.23. The first-order chi connectivity index (χ1) is 11.9. The van der Waals surface area contributed by atoms with Gasteiger partial charge in [-0.05, 0) is 37.6 Å². The number of methoxy groups -OCH3 is 2. The van der Waals surface area contributed by atoms with Crippen molar-refractivity contribution in [1.29, 1.82) is 0 Å². The molecule has 25 heavy (non-hydrogen) atoms. The van der Waals surface area contributed by atoms with Crippen molar-refractivity contribution >= 4 is 21.7 Å². The van der Waals surface area contributed by atoms with E-state index < -0.39 is 10.0 Å². The Kier molecular flexibility index (Phi) is 6.02. The third kappa shape index (κ3) is 4.72. The van der Waals surface area contributed by atoms with E-state index in [0.29, 0.717) is 17.3 Å². The Morgan fingerprint density at radius 3 is 2.24 bits per heavy atom. The highest BCUT2D eigenvalue weighted by molar-refractivity contribution is 7.92. The highest BCUT2D eigenvalue weighted by atomic mass is 32.2. The summed E-state index contributed by atoms with van der Waals surface area (Å²) < 4.78 is 37.6. The van der Waals surface area contributed by atoms with E-state index in [1.807, 2.05) is 6.92 Å². The van der Waals surface area contributed by atoms with Gasteiger partial charge in [0, 0.05) is 12.1 Å². The van der Waals surface area contributed by atoms with Crippen LogP contribution in [0.15, 0.2) is 35.2 Å². The molecule has 1 aromatic carbocycles. The number of aromatic nitrogens is 2. The number of sulfonamides is 1. The van der Waals surface area contributed by atoms with E-state index >= 15 is 0 Å². The van der Waals surface area contributed by atoms with Crippen LogP contribution in [0.3, 0.4) is 0 Å². The molecule has 2 rings (SSSR count). The summed E-state index contributed by atoms with van der Waals surface area (Å²) >= 11 is 0. The summed E-state index contributed by atoms with van der Waals surface area (Å²) in [5, 5.41) is 11.0. The van der Waals surface area contributed by atoms with Crippen LogP contribution in [-0.2, 0) is 10.0 Å². The zero-order chi connectivity index (χ0) is 18.4. The molecule has 0 fully saturated rings. The molecule has 0 aliphatic heterocycles. The lowest BCUT2D eigenvalue weighted by Gasteiger charge is -2.13. The Bertz CT molecular complexity index is 809. The predicted octanol–water partition coefficient (Wildman–Crippen LogP) is 2.51. The normalized spacial score (nSPS) is 12.3. The van der Waals surface area contributed by atoms with Crippen LogP contribution in [0.2, 0.25) is 0 Å². The van der Waals surface area contributed by atoms with Crippen molar-refractivity contribution in [3.05, 3.63) is 30.3 Å². The highest BCUT2D eigenvalue weighted by Crippen LogP contribution is 2.29. The lowest BCUT2D eigenvalue weighted by Crippen LogP contribution is -2.17. The smallest absolute Gasteiger partial charge is 0.263 e. The van der Waals surface area contributed by atoms with Gasteiger partial charge in [0.15, 0.2) is 17.3 Å². The van der Waals surface area contributed by atoms with Gasteiger partial charge in [-0.25, -0.2) is 8.42 Å². The number of ether oxygens (including phenoxy) is 2. The minimum atomic E-state index is -3.82. The molecule has 2 N–H and O–H groups in total. The van der Waals surface area contributed by atoms with E-state index in [1.54, 1.807) is 12.1 Å². The van der Waals surface area contributed by atoms with Crippen LogP contribution in [0.5, 0.6) is 11.5 Å². The second kappa shape index (κ2) is 8.02. The van der Waals surface area contributed by atoms with Gasteiger partial charge in [-0.1, -0.05) is 6.92 Å². The van der Waals surface area contributed by atoms with Gasteiger partial charge in [0.25, 0.3) is 10.0 Å². The van der Waals surface area contributed by atoms with Gasteiger partial charge in [0.1, 0.15) is 5.82 Å². The highest BCUT2D eigenvalue weighted by Gasteiger charge is 2.18. The first kappa shape index (κ1) is 18.8. The largest absolute Gasteiger partial charge is 0.493 e. The van der Waals surface area contributed by atoms with Crippen LogP contribution in [0.25, 0.3) is 0 Å². The van der Waals surface area contributed by atoms with Gasteiger partial charge in [-0.3, -0.25) is 4.72 Å². The molecule has 1 atom stereocenters. The zero-order valence-corrected chi connectivity index (χ0v) is 15.4. The fourth-order valence-electron chi connectivity index (χ4n) is 2.00. The van der Waals surface area contributed by atoms with Crippen molar-refractivity contribution in [2.45, 2.75) is 31.2 Å². The molecule has 0 spiro atoms. The fraction of sp³-hybridized carbons (Fsp3) is 0.375. The summed E-state index contributed by atoms with van der Waals surface area (Å²) in [6, 6.07) is 7.81. The first-order valence-electron chi connectivity index (χ1n) is 7.74. The van der Waals surface area contributed by atoms with Gasteiger partial charge >= 0.3 is 0 Å². The minimum absolute atomic E-state index is 0.0359. The summed E-state index contributed by atoms with van der Waals surface area (Å²) in [5.41, 5.74) is 0. The van der Waals surface area contributed by atoms with Crippen LogP contribution >= 0.6 is 0 Å². The Morgan fingerprint density at radius 1 is 1.04 bits per heavy atom. The lowest BCUT2D eigenvalue weighted by atomic mass is 10.2. The number of rotatable bonds is 8. The molecular formula is C16H22N4O4S. The van der Waals surface area contributed by atoms with E-state index in [4.69, 9.17) is 9.47 Å². The second-order valence-electron chi connectivity index (χ2n) is 5.38. The molecular weight excluding hydrogens is 344 g/mol. The molecule has 2 aromatic rings. The van der Waals surface area contributed by atoms with Crippen molar-refractivity contribution in [3.8, 4) is 11.5 Å². The maximum absolute atomic E-state index is 12.5. The van der Waals surface area contributed by atoms with Crippen molar-refractivity contribution in [2.24, 2.45) is 0 Å². The number of nitrogens with one attached hydrogen (secondary N) is 2. The molecule has 0 saturated carbocycles. The van der Waals surface area contributed by atoms with E-state index in [1.165, 1.54) is 32.4 Å². The van der Waals surface area contributed by atoms with Crippen molar-refractivity contribution in [3.63, 3.8) is 0 Å². The number of benzene rings is 1. The van der Waals surface area contributed by atoms with E-state index in [0.717, 1.165) is 6.42 Å². The van der Waals surface area contributed by atoms with Crippen LogP contribution < -0.4 is 19.5 Å². The third-order valence-electron chi connectivity index (χ3n) is 3.58. The quantitative estimate of drug-likeness (QED) is 0.740. The van der Waals surface area contributed by atoms with Gasteiger partial charge in [0.2, 0.25) is 0 Å². The zero-order valence-electron chi connectivity index (χ0n) is 14.6. The van der Waals surface area contributed by atoms with E-state index in [2.05, 4.69) is 27.2 Å². The summed E-state index contributed by atoms with van der Waals surface area (Å²) in [6.45, 7) is 4.08. The number of nitrogens with zero attached hydrogens (tertiary/aromatic N) is 2. The summed E-state index contributed by atoms with van der Waals surface area (Å²) in [7, 11) is -0.898. The maximum atomic E-state index is 12.5. The van der Waals surface area contributed by atoms with Crippen LogP contribution in [0.1, 0.15) is 20.3 Å². The summed E-state index contributed by atoms with van der Waals surface area (Å²) in [5.74, 6) is 1.49. The molecule has 0 radical (unpaired) electrons. The second-order valence-corrected chi connectivity index (χ2v) is 7.06. The summed E-state index contributed by atoms with van der Waals surface area (Å²) in [4.78, 5) is 0.0359. The predicted molar refractivity (Wildman–Crippen MR) is 95.8 cm³/mol. The monoisotopic (exact) mass is 366 g/mol. The molecule has 8 nitrogen and oxygen atoms in total. The molecule has 0 saturated heterocycles. The average Bonchev–Trinajstić information content (AvgIpc) is 2.62. The van der Waals surface area contributed by atoms with Gasteiger partial charge < -0.3 is 14.8 Å². The van der Waals surface area contributed by atoms with Gasteiger partial charge in [-0.2, -0.15) is 0 Å². The van der Waals surface area contributed by atoms with E-state index in [9.17, 15) is 8.42 Å². The Balaban J connectivity index is 2.18.